The molecule has 26 heavy (non-hydrogen) atoms. The second-order valence-electron chi connectivity index (χ2n) is 6.99. The van der Waals surface area contributed by atoms with Crippen LogP contribution in [0.3, 0.4) is 0 Å². The zero-order chi connectivity index (χ0) is 18.3. The van der Waals surface area contributed by atoms with Crippen molar-refractivity contribution in [2.24, 2.45) is 0 Å². The van der Waals surface area contributed by atoms with Gasteiger partial charge in [0.1, 0.15) is 11.9 Å². The molecule has 7 heteroatoms. The third-order valence-electron chi connectivity index (χ3n) is 5.49. The third-order valence-corrected chi connectivity index (χ3v) is 5.49. The van der Waals surface area contributed by atoms with Crippen molar-refractivity contribution in [2.45, 2.75) is 51.7 Å². The van der Waals surface area contributed by atoms with Crippen molar-refractivity contribution in [1.29, 1.82) is 0 Å². The molecule has 4 rings (SSSR count). The van der Waals surface area contributed by atoms with Gasteiger partial charge < -0.3 is 14.8 Å². The molecule has 2 amide bonds. The van der Waals surface area contributed by atoms with Gasteiger partial charge in [-0.3, -0.25) is 9.59 Å². The number of nitrogens with one attached hydrogen (secondary N) is 1. The smallest absolute Gasteiger partial charge is 0.255 e. The number of carbonyl (C=O) groups excluding carboxylic acids is 2. The molecule has 1 N–H and O–H groups in total. The lowest BCUT2D eigenvalue weighted by atomic mass is 9.87. The first kappa shape index (κ1) is 16.8. The van der Waals surface area contributed by atoms with Crippen molar-refractivity contribution in [2.75, 3.05) is 7.05 Å². The number of benzene rings is 1. The molecule has 136 valence electrons. The molecule has 0 bridgehead atoms. The van der Waals surface area contributed by atoms with Gasteiger partial charge in [0.2, 0.25) is 5.91 Å². The summed E-state index contributed by atoms with van der Waals surface area (Å²) < 4.78 is 1.92. The van der Waals surface area contributed by atoms with E-state index in [2.05, 4.69) is 21.6 Å². The Kier molecular flexibility index (Phi) is 4.22. The molecule has 1 aromatic heterocycles. The maximum atomic E-state index is 13.4. The van der Waals surface area contributed by atoms with Crippen LogP contribution in [-0.4, -0.2) is 44.6 Å². The predicted octanol–water partition coefficient (Wildman–Crippen LogP) is 1.24. The van der Waals surface area contributed by atoms with Gasteiger partial charge in [0.25, 0.3) is 5.91 Å². The Morgan fingerprint density at radius 2 is 2.00 bits per heavy atom. The Balaban J connectivity index is 1.73. The minimum atomic E-state index is -0.561. The van der Waals surface area contributed by atoms with Crippen molar-refractivity contribution < 1.29 is 9.59 Å². The van der Waals surface area contributed by atoms with Crippen LogP contribution in [0.1, 0.15) is 46.0 Å². The Morgan fingerprint density at radius 3 is 2.81 bits per heavy atom. The van der Waals surface area contributed by atoms with Crippen molar-refractivity contribution in [3.8, 4) is 0 Å². The van der Waals surface area contributed by atoms with Gasteiger partial charge >= 0.3 is 0 Å². The molecule has 2 aliphatic rings. The van der Waals surface area contributed by atoms with E-state index in [1.54, 1.807) is 11.9 Å². The minimum absolute atomic E-state index is 0.0933. The highest BCUT2D eigenvalue weighted by Crippen LogP contribution is 2.27. The molecular formula is C19H23N5O2. The standard InChI is InChI=1S/C19H23N5O2/c1-12-21-22-17-11-24(16(10-23(12)17)18(25)20-2)19(26)15-9-5-7-13-6-3-4-8-14(13)15/h5,7,9,16H,3-4,6,8,10-11H2,1-2H3,(H,20,25). The lowest BCUT2D eigenvalue weighted by Gasteiger charge is -2.35. The SMILES string of the molecule is CNC(=O)C1Cn2c(C)nnc2CN1C(=O)c1cccc2c1CCCC2. The van der Waals surface area contributed by atoms with E-state index in [1.807, 2.05) is 23.6 Å². The summed E-state index contributed by atoms with van der Waals surface area (Å²) in [6, 6.07) is 5.38. The Morgan fingerprint density at radius 1 is 1.19 bits per heavy atom. The summed E-state index contributed by atoms with van der Waals surface area (Å²) in [4.78, 5) is 27.5. The maximum Gasteiger partial charge on any atom is 0.255 e. The Labute approximate surface area is 152 Å². The van der Waals surface area contributed by atoms with Gasteiger partial charge in [0.15, 0.2) is 5.82 Å². The number of aryl methyl sites for hydroxylation is 2. The van der Waals surface area contributed by atoms with Crippen molar-refractivity contribution in [3.05, 3.63) is 46.5 Å². The van der Waals surface area contributed by atoms with Crippen LogP contribution in [0.5, 0.6) is 0 Å². The molecule has 0 saturated heterocycles. The Bertz CT molecular complexity index is 873. The number of amides is 2. The fraction of sp³-hybridized carbons (Fsp3) is 0.474. The summed E-state index contributed by atoms with van der Waals surface area (Å²) in [6.45, 7) is 2.54. The molecule has 7 nitrogen and oxygen atoms in total. The molecule has 0 radical (unpaired) electrons. The van der Waals surface area contributed by atoms with Crippen LogP contribution in [-0.2, 0) is 30.7 Å². The molecule has 2 heterocycles. The van der Waals surface area contributed by atoms with Gasteiger partial charge in [-0.25, -0.2) is 0 Å². The summed E-state index contributed by atoms with van der Waals surface area (Å²) in [7, 11) is 1.60. The van der Waals surface area contributed by atoms with Crippen molar-refractivity contribution >= 4 is 11.8 Å². The number of aromatic nitrogens is 3. The summed E-state index contributed by atoms with van der Waals surface area (Å²) in [6.07, 6.45) is 4.20. The summed E-state index contributed by atoms with van der Waals surface area (Å²) in [5, 5.41) is 11.0. The molecule has 2 aromatic rings. The lowest BCUT2D eigenvalue weighted by molar-refractivity contribution is -0.126. The molecule has 0 fully saturated rings. The topological polar surface area (TPSA) is 80.1 Å². The van der Waals surface area contributed by atoms with E-state index in [9.17, 15) is 9.59 Å². The number of likely N-dealkylation sites (N-methyl/N-ethyl adjacent to an activating group) is 1. The highest BCUT2D eigenvalue weighted by atomic mass is 16.2. The highest BCUT2D eigenvalue weighted by Gasteiger charge is 2.37. The Hall–Kier alpha value is -2.70. The van der Waals surface area contributed by atoms with Crippen LogP contribution in [0.15, 0.2) is 18.2 Å². The van der Waals surface area contributed by atoms with Gasteiger partial charge in [0, 0.05) is 12.6 Å². The minimum Gasteiger partial charge on any atom is -0.357 e. The van der Waals surface area contributed by atoms with E-state index in [0.717, 1.165) is 48.5 Å². The van der Waals surface area contributed by atoms with Crippen LogP contribution in [0, 0.1) is 6.92 Å². The molecule has 0 spiro atoms. The van der Waals surface area contributed by atoms with E-state index < -0.39 is 6.04 Å². The fourth-order valence-electron chi connectivity index (χ4n) is 4.05. The average molecular weight is 353 g/mol. The summed E-state index contributed by atoms with van der Waals surface area (Å²) in [5.41, 5.74) is 3.12. The highest BCUT2D eigenvalue weighted by molar-refractivity contribution is 5.99. The van der Waals surface area contributed by atoms with Crippen LogP contribution in [0.2, 0.25) is 0 Å². The van der Waals surface area contributed by atoms with Gasteiger partial charge in [-0.15, -0.1) is 10.2 Å². The normalized spacial score (nSPS) is 18.8. The first-order valence-electron chi connectivity index (χ1n) is 9.12. The summed E-state index contributed by atoms with van der Waals surface area (Å²) in [5.74, 6) is 1.23. The molecule has 1 aliphatic carbocycles. The van der Waals surface area contributed by atoms with E-state index >= 15 is 0 Å². The van der Waals surface area contributed by atoms with Crippen molar-refractivity contribution in [1.82, 2.24) is 25.0 Å². The molecule has 1 unspecified atom stereocenters. The molecular weight excluding hydrogens is 330 g/mol. The van der Waals surface area contributed by atoms with Crippen LogP contribution < -0.4 is 5.32 Å². The number of rotatable bonds is 2. The van der Waals surface area contributed by atoms with Crippen molar-refractivity contribution in [3.63, 3.8) is 0 Å². The number of hydrogen-bond acceptors (Lipinski definition) is 4. The van der Waals surface area contributed by atoms with E-state index in [-0.39, 0.29) is 11.8 Å². The van der Waals surface area contributed by atoms with E-state index in [1.165, 1.54) is 5.56 Å². The fourth-order valence-corrected chi connectivity index (χ4v) is 4.05. The van der Waals surface area contributed by atoms with Crippen LogP contribution in [0.25, 0.3) is 0 Å². The molecule has 1 atom stereocenters. The van der Waals surface area contributed by atoms with Gasteiger partial charge in [-0.1, -0.05) is 12.1 Å². The summed E-state index contributed by atoms with van der Waals surface area (Å²) >= 11 is 0. The second kappa shape index (κ2) is 6.55. The zero-order valence-electron chi connectivity index (χ0n) is 15.2. The monoisotopic (exact) mass is 353 g/mol. The van der Waals surface area contributed by atoms with Crippen LogP contribution in [0.4, 0.5) is 0 Å². The zero-order valence-corrected chi connectivity index (χ0v) is 15.2. The average Bonchev–Trinajstić information content (AvgIpc) is 3.05. The number of carbonyl (C=O) groups is 2. The molecule has 1 aliphatic heterocycles. The number of fused-ring (bicyclic) bond motifs is 2. The predicted molar refractivity (Wildman–Crippen MR) is 95.6 cm³/mol. The molecule has 1 aromatic carbocycles. The largest absolute Gasteiger partial charge is 0.357 e. The molecule has 0 saturated carbocycles. The van der Waals surface area contributed by atoms with Gasteiger partial charge in [-0.05, 0) is 49.8 Å². The maximum absolute atomic E-state index is 13.4. The van der Waals surface area contributed by atoms with Crippen LogP contribution >= 0.6 is 0 Å². The first-order valence-corrected chi connectivity index (χ1v) is 9.12. The van der Waals surface area contributed by atoms with E-state index in [0.29, 0.717) is 13.1 Å². The van der Waals surface area contributed by atoms with Gasteiger partial charge in [-0.2, -0.15) is 0 Å². The lowest BCUT2D eigenvalue weighted by Crippen LogP contribution is -2.53. The first-order chi connectivity index (χ1) is 12.6. The quantitative estimate of drug-likeness (QED) is 0.881. The number of nitrogens with zero attached hydrogens (tertiary/aromatic N) is 4. The third kappa shape index (κ3) is 2.67. The van der Waals surface area contributed by atoms with E-state index in [4.69, 9.17) is 0 Å². The number of hydrogen-bond donors (Lipinski definition) is 1. The van der Waals surface area contributed by atoms with Gasteiger partial charge in [0.05, 0.1) is 13.1 Å². The second-order valence-corrected chi connectivity index (χ2v) is 6.99.